The quantitative estimate of drug-likeness (QED) is 0.714. The standard InChI is InChI=1S/C19H32O2/c1-18-9-7-13(20)11-12(18)3-4-14-15-5-6-17(21)19(15,2)10-8-16(14)18/h12-17,20-21H,3-11H2,1-2H3/t12-,13+,14+,15+,16-,17+,18-,19+/m1/s1. The molecule has 0 bridgehead atoms. The average Bonchev–Trinajstić information content (AvgIpc) is 2.76. The van der Waals surface area contributed by atoms with Crippen molar-refractivity contribution >= 4 is 0 Å². The molecule has 0 amide bonds. The molecule has 0 aromatic rings. The third-order valence-electron chi connectivity index (χ3n) is 8.59. The van der Waals surface area contributed by atoms with Crippen LogP contribution in [0.5, 0.6) is 0 Å². The summed E-state index contributed by atoms with van der Waals surface area (Å²) in [6.07, 6.45) is 10.7. The van der Waals surface area contributed by atoms with Crippen LogP contribution < -0.4 is 0 Å². The molecule has 2 nitrogen and oxygen atoms in total. The van der Waals surface area contributed by atoms with Gasteiger partial charge < -0.3 is 10.2 Å². The molecule has 4 rings (SSSR count). The average molecular weight is 292 g/mol. The lowest BCUT2D eigenvalue weighted by Gasteiger charge is -2.60. The van der Waals surface area contributed by atoms with Gasteiger partial charge in [-0.3, -0.25) is 0 Å². The van der Waals surface area contributed by atoms with Crippen LogP contribution in [0.25, 0.3) is 0 Å². The number of aliphatic hydroxyl groups is 2. The minimum absolute atomic E-state index is 0.0400. The van der Waals surface area contributed by atoms with Crippen LogP contribution in [-0.4, -0.2) is 22.4 Å². The van der Waals surface area contributed by atoms with Gasteiger partial charge in [0.05, 0.1) is 12.2 Å². The first-order valence-electron chi connectivity index (χ1n) is 9.31. The smallest absolute Gasteiger partial charge is 0.0596 e. The van der Waals surface area contributed by atoms with E-state index in [2.05, 4.69) is 13.8 Å². The minimum Gasteiger partial charge on any atom is -0.393 e. The molecule has 4 aliphatic carbocycles. The highest BCUT2D eigenvalue weighted by molar-refractivity contribution is 5.09. The van der Waals surface area contributed by atoms with Crippen molar-refractivity contribution in [1.29, 1.82) is 0 Å². The first kappa shape index (κ1) is 14.5. The molecule has 0 saturated heterocycles. The first-order chi connectivity index (χ1) is 9.95. The highest BCUT2D eigenvalue weighted by Crippen LogP contribution is 2.66. The maximum Gasteiger partial charge on any atom is 0.0596 e. The molecule has 0 spiro atoms. The van der Waals surface area contributed by atoms with Gasteiger partial charge in [0.2, 0.25) is 0 Å². The Morgan fingerprint density at radius 3 is 2.29 bits per heavy atom. The van der Waals surface area contributed by atoms with Gasteiger partial charge in [-0.2, -0.15) is 0 Å². The van der Waals surface area contributed by atoms with Crippen LogP contribution in [0.1, 0.15) is 71.6 Å². The Bertz CT molecular complexity index is 422. The van der Waals surface area contributed by atoms with E-state index in [-0.39, 0.29) is 17.6 Å². The second-order valence-electron chi connectivity index (χ2n) is 9.22. The Morgan fingerprint density at radius 1 is 0.762 bits per heavy atom. The fourth-order valence-electron chi connectivity index (χ4n) is 7.21. The first-order valence-corrected chi connectivity index (χ1v) is 9.31. The molecule has 4 aliphatic rings. The number of hydrogen-bond donors (Lipinski definition) is 2. The van der Waals surface area contributed by atoms with E-state index in [0.29, 0.717) is 5.41 Å². The number of fused-ring (bicyclic) bond motifs is 5. The van der Waals surface area contributed by atoms with E-state index < -0.39 is 0 Å². The third kappa shape index (κ3) is 1.91. The molecule has 0 aliphatic heterocycles. The van der Waals surface area contributed by atoms with Crippen molar-refractivity contribution in [2.75, 3.05) is 0 Å². The zero-order valence-electron chi connectivity index (χ0n) is 13.7. The summed E-state index contributed by atoms with van der Waals surface area (Å²) in [5, 5.41) is 20.5. The molecule has 8 atom stereocenters. The van der Waals surface area contributed by atoms with Gasteiger partial charge in [-0.05, 0) is 92.3 Å². The summed E-state index contributed by atoms with van der Waals surface area (Å²) in [5.41, 5.74) is 0.676. The Kier molecular flexibility index (Phi) is 3.25. The van der Waals surface area contributed by atoms with Crippen molar-refractivity contribution in [1.82, 2.24) is 0 Å². The summed E-state index contributed by atoms with van der Waals surface area (Å²) in [4.78, 5) is 0. The zero-order valence-corrected chi connectivity index (χ0v) is 13.7. The van der Waals surface area contributed by atoms with Gasteiger partial charge in [0.15, 0.2) is 0 Å². The molecule has 0 heterocycles. The molecule has 21 heavy (non-hydrogen) atoms. The van der Waals surface area contributed by atoms with Gasteiger partial charge in [-0.15, -0.1) is 0 Å². The SMILES string of the molecule is C[C@@]12CC[C@H](O)C[C@H]1CC[C@@H]1[C@H]2CC[C@]2(C)[C@@H](O)CC[C@@H]12. The van der Waals surface area contributed by atoms with Crippen molar-refractivity contribution in [3.05, 3.63) is 0 Å². The summed E-state index contributed by atoms with van der Waals surface area (Å²) < 4.78 is 0. The van der Waals surface area contributed by atoms with E-state index in [0.717, 1.165) is 42.9 Å². The minimum atomic E-state index is -0.0536. The van der Waals surface area contributed by atoms with Gasteiger partial charge in [0, 0.05) is 0 Å². The molecule has 120 valence electrons. The van der Waals surface area contributed by atoms with Crippen molar-refractivity contribution in [3.8, 4) is 0 Å². The lowest BCUT2D eigenvalue weighted by Crippen LogP contribution is -2.54. The predicted molar refractivity (Wildman–Crippen MR) is 83.7 cm³/mol. The van der Waals surface area contributed by atoms with Crippen LogP contribution in [0, 0.1) is 34.5 Å². The Morgan fingerprint density at radius 2 is 1.48 bits per heavy atom. The lowest BCUT2D eigenvalue weighted by molar-refractivity contribution is -0.133. The number of rotatable bonds is 0. The van der Waals surface area contributed by atoms with Crippen LogP contribution in [0.4, 0.5) is 0 Å². The van der Waals surface area contributed by atoms with E-state index in [4.69, 9.17) is 0 Å². The molecular formula is C19H32O2. The van der Waals surface area contributed by atoms with Crippen LogP contribution in [-0.2, 0) is 0 Å². The van der Waals surface area contributed by atoms with E-state index in [1.54, 1.807) is 0 Å². The Balaban J connectivity index is 1.62. The van der Waals surface area contributed by atoms with Crippen molar-refractivity contribution in [2.45, 2.75) is 83.8 Å². The molecule has 4 saturated carbocycles. The van der Waals surface area contributed by atoms with Crippen molar-refractivity contribution < 1.29 is 10.2 Å². The molecule has 0 radical (unpaired) electrons. The molecule has 2 heteroatoms. The lowest BCUT2D eigenvalue weighted by atomic mass is 9.45. The van der Waals surface area contributed by atoms with E-state index in [1.807, 2.05) is 0 Å². The summed E-state index contributed by atoms with van der Waals surface area (Å²) in [5.74, 6) is 3.21. The second-order valence-corrected chi connectivity index (χ2v) is 9.22. The summed E-state index contributed by atoms with van der Waals surface area (Å²) in [6.45, 7) is 4.90. The van der Waals surface area contributed by atoms with Crippen molar-refractivity contribution in [2.24, 2.45) is 34.5 Å². The second kappa shape index (κ2) is 4.71. The van der Waals surface area contributed by atoms with Crippen LogP contribution in [0.3, 0.4) is 0 Å². The zero-order chi connectivity index (χ0) is 14.8. The molecule has 4 fully saturated rings. The highest BCUT2D eigenvalue weighted by atomic mass is 16.3. The van der Waals surface area contributed by atoms with E-state index >= 15 is 0 Å². The number of hydrogen-bond acceptors (Lipinski definition) is 2. The van der Waals surface area contributed by atoms with Gasteiger partial charge in [-0.25, -0.2) is 0 Å². The maximum atomic E-state index is 10.5. The summed E-state index contributed by atoms with van der Waals surface area (Å²) >= 11 is 0. The van der Waals surface area contributed by atoms with Gasteiger partial charge in [-0.1, -0.05) is 13.8 Å². The molecule has 0 aromatic heterocycles. The largest absolute Gasteiger partial charge is 0.393 e. The molecule has 0 unspecified atom stereocenters. The molecular weight excluding hydrogens is 260 g/mol. The van der Waals surface area contributed by atoms with E-state index in [9.17, 15) is 10.2 Å². The van der Waals surface area contributed by atoms with Crippen LogP contribution in [0.2, 0.25) is 0 Å². The van der Waals surface area contributed by atoms with Crippen LogP contribution >= 0.6 is 0 Å². The highest BCUT2D eigenvalue weighted by Gasteiger charge is 2.59. The third-order valence-corrected chi connectivity index (χ3v) is 8.59. The number of aliphatic hydroxyl groups excluding tert-OH is 2. The molecule has 2 N–H and O–H groups in total. The van der Waals surface area contributed by atoms with Crippen molar-refractivity contribution in [3.63, 3.8) is 0 Å². The summed E-state index contributed by atoms with van der Waals surface area (Å²) in [7, 11) is 0. The Hall–Kier alpha value is -0.0800. The topological polar surface area (TPSA) is 40.5 Å². The monoisotopic (exact) mass is 292 g/mol. The van der Waals surface area contributed by atoms with Crippen LogP contribution in [0.15, 0.2) is 0 Å². The maximum absolute atomic E-state index is 10.5. The van der Waals surface area contributed by atoms with Gasteiger partial charge in [0.25, 0.3) is 0 Å². The Labute approximate surface area is 129 Å². The summed E-state index contributed by atoms with van der Waals surface area (Å²) in [6, 6.07) is 0. The predicted octanol–water partition coefficient (Wildman–Crippen LogP) is 3.75. The van der Waals surface area contributed by atoms with Gasteiger partial charge >= 0.3 is 0 Å². The fraction of sp³-hybridized carbons (Fsp3) is 1.00. The molecule has 0 aromatic carbocycles. The fourth-order valence-corrected chi connectivity index (χ4v) is 7.21. The normalized spacial score (nSPS) is 60.0. The van der Waals surface area contributed by atoms with Gasteiger partial charge in [0.1, 0.15) is 0 Å². The van der Waals surface area contributed by atoms with E-state index in [1.165, 1.54) is 38.5 Å².